The zero-order valence-corrected chi connectivity index (χ0v) is 13.7. The monoisotopic (exact) mass is 288 g/mol. The molecule has 0 aliphatic heterocycles. The van der Waals surface area contributed by atoms with E-state index < -0.39 is 0 Å². The van der Waals surface area contributed by atoms with Crippen molar-refractivity contribution in [2.75, 3.05) is 0 Å². The number of hydrogen-bond acceptors (Lipinski definition) is 2. The lowest BCUT2D eigenvalue weighted by atomic mass is 10.2. The summed E-state index contributed by atoms with van der Waals surface area (Å²) in [5.41, 5.74) is 2.45. The first kappa shape index (κ1) is 15.8. The van der Waals surface area contributed by atoms with Gasteiger partial charge in [-0.15, -0.1) is 0 Å². The maximum absolute atomic E-state index is 4.71. The van der Waals surface area contributed by atoms with Gasteiger partial charge in [0.25, 0.3) is 0 Å². The van der Waals surface area contributed by atoms with Gasteiger partial charge in [-0.3, -0.25) is 4.68 Å². The normalized spacial score (nSPS) is 11.7. The lowest BCUT2D eigenvalue weighted by Crippen LogP contribution is -2.21. The molecule has 21 heavy (non-hydrogen) atoms. The minimum atomic E-state index is 0.518. The Morgan fingerprint density at radius 3 is 2.57 bits per heavy atom. The van der Waals surface area contributed by atoms with E-state index in [0.29, 0.717) is 12.1 Å². The summed E-state index contributed by atoms with van der Waals surface area (Å²) in [4.78, 5) is 0. The molecule has 2 rings (SSSR count). The van der Waals surface area contributed by atoms with Gasteiger partial charge in [0.1, 0.15) is 0 Å². The standard InChI is InChI=1S/C17H28N4/c1-5-17(6-2)21-10-8-16(19-21)13-20-9-7-15(12-20)11-18-14(3)4/h7-10,12,14,17-18H,5-6,11,13H2,1-4H3. The van der Waals surface area contributed by atoms with Crippen LogP contribution in [0.5, 0.6) is 0 Å². The van der Waals surface area contributed by atoms with Crippen molar-refractivity contribution in [3.63, 3.8) is 0 Å². The molecule has 0 aliphatic rings. The fraction of sp³-hybridized carbons (Fsp3) is 0.588. The zero-order valence-electron chi connectivity index (χ0n) is 13.7. The summed E-state index contributed by atoms with van der Waals surface area (Å²) in [5.74, 6) is 0. The first-order valence-electron chi connectivity index (χ1n) is 8.04. The summed E-state index contributed by atoms with van der Waals surface area (Å²) in [6.45, 7) is 10.5. The Morgan fingerprint density at radius 2 is 1.90 bits per heavy atom. The Bertz CT molecular complexity index is 534. The van der Waals surface area contributed by atoms with Gasteiger partial charge in [-0.2, -0.15) is 5.10 Å². The van der Waals surface area contributed by atoms with E-state index in [-0.39, 0.29) is 0 Å². The number of rotatable bonds is 8. The van der Waals surface area contributed by atoms with Crippen molar-refractivity contribution in [2.24, 2.45) is 0 Å². The van der Waals surface area contributed by atoms with Crippen LogP contribution in [-0.4, -0.2) is 20.4 Å². The van der Waals surface area contributed by atoms with Gasteiger partial charge in [0.2, 0.25) is 0 Å². The predicted octanol–water partition coefficient (Wildman–Crippen LogP) is 3.59. The largest absolute Gasteiger partial charge is 0.348 e. The summed E-state index contributed by atoms with van der Waals surface area (Å²) >= 11 is 0. The van der Waals surface area contributed by atoms with E-state index in [0.717, 1.165) is 31.6 Å². The fourth-order valence-electron chi connectivity index (χ4n) is 2.53. The Labute approximate surface area is 128 Å². The summed E-state index contributed by atoms with van der Waals surface area (Å²) in [7, 11) is 0. The lowest BCUT2D eigenvalue weighted by molar-refractivity contribution is 0.424. The summed E-state index contributed by atoms with van der Waals surface area (Å²) in [6, 6.07) is 5.34. The SMILES string of the molecule is CCC(CC)n1ccc(Cn2ccc(CNC(C)C)c2)n1. The van der Waals surface area contributed by atoms with Crippen LogP contribution in [0.2, 0.25) is 0 Å². The van der Waals surface area contributed by atoms with Crippen LogP contribution >= 0.6 is 0 Å². The second-order valence-electron chi connectivity index (χ2n) is 5.99. The van der Waals surface area contributed by atoms with Gasteiger partial charge in [0.15, 0.2) is 0 Å². The Morgan fingerprint density at radius 1 is 1.14 bits per heavy atom. The quantitative estimate of drug-likeness (QED) is 0.805. The molecule has 116 valence electrons. The summed E-state index contributed by atoms with van der Waals surface area (Å²) < 4.78 is 4.32. The van der Waals surface area contributed by atoms with E-state index in [2.05, 4.69) is 73.0 Å². The van der Waals surface area contributed by atoms with Crippen molar-refractivity contribution >= 4 is 0 Å². The van der Waals surface area contributed by atoms with Gasteiger partial charge in [0, 0.05) is 31.2 Å². The molecule has 0 saturated heterocycles. The van der Waals surface area contributed by atoms with E-state index in [9.17, 15) is 0 Å². The Kier molecular flexibility index (Phi) is 5.62. The van der Waals surface area contributed by atoms with Crippen LogP contribution in [0.25, 0.3) is 0 Å². The average Bonchev–Trinajstić information content (AvgIpc) is 3.08. The molecule has 4 nitrogen and oxygen atoms in total. The molecule has 0 aliphatic carbocycles. The molecule has 2 aromatic heterocycles. The molecule has 0 spiro atoms. The molecule has 0 unspecified atom stereocenters. The van der Waals surface area contributed by atoms with Crippen LogP contribution < -0.4 is 5.32 Å². The van der Waals surface area contributed by atoms with Crippen LogP contribution in [0, 0.1) is 0 Å². The van der Waals surface area contributed by atoms with Gasteiger partial charge in [-0.1, -0.05) is 27.7 Å². The Hall–Kier alpha value is -1.55. The summed E-state index contributed by atoms with van der Waals surface area (Å²) in [5, 5.41) is 8.15. The molecule has 0 atom stereocenters. The highest BCUT2D eigenvalue weighted by molar-refractivity contribution is 5.12. The highest BCUT2D eigenvalue weighted by Crippen LogP contribution is 2.15. The van der Waals surface area contributed by atoms with E-state index in [1.54, 1.807) is 0 Å². The highest BCUT2D eigenvalue weighted by Gasteiger charge is 2.08. The van der Waals surface area contributed by atoms with Gasteiger partial charge < -0.3 is 9.88 Å². The average molecular weight is 288 g/mol. The van der Waals surface area contributed by atoms with Crippen LogP contribution in [0.1, 0.15) is 57.8 Å². The Balaban J connectivity index is 1.95. The molecule has 0 radical (unpaired) electrons. The van der Waals surface area contributed by atoms with Crippen molar-refractivity contribution < 1.29 is 0 Å². The zero-order chi connectivity index (χ0) is 15.2. The van der Waals surface area contributed by atoms with Crippen LogP contribution in [-0.2, 0) is 13.1 Å². The molecule has 1 N–H and O–H groups in total. The first-order chi connectivity index (χ1) is 10.1. The summed E-state index contributed by atoms with van der Waals surface area (Å²) in [6.07, 6.45) is 8.70. The molecule has 0 fully saturated rings. The number of hydrogen-bond donors (Lipinski definition) is 1. The van der Waals surface area contributed by atoms with E-state index >= 15 is 0 Å². The van der Waals surface area contributed by atoms with Crippen LogP contribution in [0.3, 0.4) is 0 Å². The molecule has 2 aromatic rings. The van der Waals surface area contributed by atoms with E-state index in [1.165, 1.54) is 5.56 Å². The van der Waals surface area contributed by atoms with Crippen molar-refractivity contribution in [1.29, 1.82) is 0 Å². The minimum absolute atomic E-state index is 0.518. The van der Waals surface area contributed by atoms with Gasteiger partial charge in [-0.05, 0) is 30.5 Å². The smallest absolute Gasteiger partial charge is 0.0821 e. The molecule has 2 heterocycles. The van der Waals surface area contributed by atoms with Crippen molar-refractivity contribution in [1.82, 2.24) is 19.7 Å². The molecule has 0 bridgehead atoms. The third kappa shape index (κ3) is 4.46. The van der Waals surface area contributed by atoms with Gasteiger partial charge in [-0.25, -0.2) is 0 Å². The second kappa shape index (κ2) is 7.46. The topological polar surface area (TPSA) is 34.8 Å². The van der Waals surface area contributed by atoms with Crippen LogP contribution in [0.4, 0.5) is 0 Å². The van der Waals surface area contributed by atoms with Crippen molar-refractivity contribution in [3.05, 3.63) is 42.0 Å². The third-order valence-corrected chi connectivity index (χ3v) is 3.85. The number of aromatic nitrogens is 3. The third-order valence-electron chi connectivity index (χ3n) is 3.85. The lowest BCUT2D eigenvalue weighted by Gasteiger charge is -2.12. The molecule has 0 saturated carbocycles. The van der Waals surface area contributed by atoms with Crippen molar-refractivity contribution in [3.8, 4) is 0 Å². The molecule has 4 heteroatoms. The predicted molar refractivity (Wildman–Crippen MR) is 87.4 cm³/mol. The number of nitrogens with zero attached hydrogens (tertiary/aromatic N) is 3. The molecule has 0 aromatic carbocycles. The molecular formula is C17H28N4. The van der Waals surface area contributed by atoms with Crippen molar-refractivity contribution in [2.45, 2.75) is 65.7 Å². The fourth-order valence-corrected chi connectivity index (χ4v) is 2.53. The number of nitrogens with one attached hydrogen (secondary N) is 1. The second-order valence-corrected chi connectivity index (χ2v) is 5.99. The van der Waals surface area contributed by atoms with Gasteiger partial charge in [0.05, 0.1) is 18.3 Å². The highest BCUT2D eigenvalue weighted by atomic mass is 15.3. The molecular weight excluding hydrogens is 260 g/mol. The first-order valence-corrected chi connectivity index (χ1v) is 8.04. The molecule has 0 amide bonds. The van der Waals surface area contributed by atoms with Gasteiger partial charge >= 0.3 is 0 Å². The van der Waals surface area contributed by atoms with E-state index in [4.69, 9.17) is 5.10 Å². The minimum Gasteiger partial charge on any atom is -0.348 e. The van der Waals surface area contributed by atoms with Crippen LogP contribution in [0.15, 0.2) is 30.7 Å². The maximum atomic E-state index is 4.71. The van der Waals surface area contributed by atoms with E-state index in [1.807, 2.05) is 0 Å². The maximum Gasteiger partial charge on any atom is 0.0821 e.